The van der Waals surface area contributed by atoms with Crippen LogP contribution in [-0.4, -0.2) is 46.4 Å². The van der Waals surface area contributed by atoms with Crippen LogP contribution in [0.25, 0.3) is 11.0 Å². The minimum absolute atomic E-state index is 0. The van der Waals surface area contributed by atoms with E-state index in [1.54, 1.807) is 35.4 Å². The second-order valence-corrected chi connectivity index (χ2v) is 7.54. The number of hydrogen-bond donors (Lipinski definition) is 1. The fraction of sp³-hybridized carbons (Fsp3) is 0.360. The Labute approximate surface area is 201 Å². The first-order valence-electron chi connectivity index (χ1n) is 11.1. The number of anilines is 2. The lowest BCUT2D eigenvalue weighted by atomic mass is 10.1. The van der Waals surface area contributed by atoms with E-state index in [-0.39, 0.29) is 24.3 Å². The van der Waals surface area contributed by atoms with Gasteiger partial charge in [0.15, 0.2) is 5.65 Å². The SMILES string of the molecule is CCCCOC(=O)c1ccc(Nc2c(C(=O)N(CC)CC)cnc3nc(C)ccc23)cc1.Cl. The molecule has 0 spiro atoms. The molecule has 33 heavy (non-hydrogen) atoms. The number of pyridine rings is 2. The molecule has 0 radical (unpaired) electrons. The van der Waals surface area contributed by atoms with Crippen molar-refractivity contribution in [1.29, 1.82) is 0 Å². The number of nitrogens with zero attached hydrogens (tertiary/aromatic N) is 3. The maximum absolute atomic E-state index is 13.2. The summed E-state index contributed by atoms with van der Waals surface area (Å²) in [4.78, 5) is 36.0. The Bertz CT molecular complexity index is 1100. The number of aromatic nitrogens is 2. The molecule has 8 heteroatoms. The summed E-state index contributed by atoms with van der Waals surface area (Å²) in [7, 11) is 0. The van der Waals surface area contributed by atoms with Crippen molar-refractivity contribution >= 4 is 46.7 Å². The highest BCUT2D eigenvalue weighted by Gasteiger charge is 2.20. The van der Waals surface area contributed by atoms with E-state index < -0.39 is 0 Å². The lowest BCUT2D eigenvalue weighted by Gasteiger charge is -2.21. The van der Waals surface area contributed by atoms with E-state index in [4.69, 9.17) is 4.74 Å². The highest BCUT2D eigenvalue weighted by atomic mass is 35.5. The zero-order valence-electron chi connectivity index (χ0n) is 19.6. The zero-order valence-corrected chi connectivity index (χ0v) is 20.4. The fourth-order valence-electron chi connectivity index (χ4n) is 3.38. The largest absolute Gasteiger partial charge is 0.462 e. The van der Waals surface area contributed by atoms with Gasteiger partial charge in [0.25, 0.3) is 5.91 Å². The second kappa shape index (κ2) is 12.2. The lowest BCUT2D eigenvalue weighted by Crippen LogP contribution is -2.31. The fourth-order valence-corrected chi connectivity index (χ4v) is 3.38. The Hall–Kier alpha value is -3.19. The van der Waals surface area contributed by atoms with Crippen LogP contribution < -0.4 is 5.32 Å². The molecular weight excluding hydrogens is 440 g/mol. The minimum atomic E-state index is -0.337. The van der Waals surface area contributed by atoms with Crippen molar-refractivity contribution in [2.45, 2.75) is 40.5 Å². The molecule has 7 nitrogen and oxygen atoms in total. The average molecular weight is 471 g/mol. The molecular formula is C25H31ClN4O3. The Balaban J connectivity index is 0.00000385. The van der Waals surface area contributed by atoms with E-state index in [1.807, 2.05) is 39.8 Å². The highest BCUT2D eigenvalue weighted by Crippen LogP contribution is 2.30. The summed E-state index contributed by atoms with van der Waals surface area (Å²) < 4.78 is 5.27. The van der Waals surface area contributed by atoms with Crippen molar-refractivity contribution in [1.82, 2.24) is 14.9 Å². The predicted molar refractivity (Wildman–Crippen MR) is 134 cm³/mol. The van der Waals surface area contributed by atoms with Crippen LogP contribution in [0.1, 0.15) is 60.0 Å². The summed E-state index contributed by atoms with van der Waals surface area (Å²) in [5.74, 6) is -0.431. The maximum atomic E-state index is 13.2. The van der Waals surface area contributed by atoms with Gasteiger partial charge in [-0.1, -0.05) is 13.3 Å². The van der Waals surface area contributed by atoms with E-state index in [2.05, 4.69) is 15.3 Å². The Kier molecular flexibility index (Phi) is 9.60. The summed E-state index contributed by atoms with van der Waals surface area (Å²) in [6.45, 7) is 9.48. The molecule has 3 rings (SSSR count). The number of benzene rings is 1. The second-order valence-electron chi connectivity index (χ2n) is 7.54. The molecule has 0 saturated heterocycles. The van der Waals surface area contributed by atoms with E-state index in [0.29, 0.717) is 42.2 Å². The van der Waals surface area contributed by atoms with Crippen LogP contribution in [0.4, 0.5) is 11.4 Å². The summed E-state index contributed by atoms with van der Waals surface area (Å²) in [6, 6.07) is 10.9. The van der Waals surface area contributed by atoms with Gasteiger partial charge in [0.1, 0.15) is 0 Å². The third-order valence-electron chi connectivity index (χ3n) is 5.27. The molecule has 1 amide bonds. The number of unbranched alkanes of at least 4 members (excludes halogenated alkanes) is 1. The van der Waals surface area contributed by atoms with E-state index in [9.17, 15) is 9.59 Å². The number of fused-ring (bicyclic) bond motifs is 1. The molecule has 0 aliphatic heterocycles. The van der Waals surface area contributed by atoms with Crippen molar-refractivity contribution in [3.63, 3.8) is 0 Å². The molecule has 0 saturated carbocycles. The molecule has 2 heterocycles. The van der Waals surface area contributed by atoms with Crippen molar-refractivity contribution in [3.8, 4) is 0 Å². The molecule has 2 aromatic heterocycles. The van der Waals surface area contributed by atoms with Gasteiger partial charge in [0, 0.05) is 36.1 Å². The highest BCUT2D eigenvalue weighted by molar-refractivity contribution is 6.07. The maximum Gasteiger partial charge on any atom is 0.338 e. The standard InChI is InChI=1S/C25H30N4O3.ClH/c1-5-8-15-32-25(31)18-10-12-19(13-11-18)28-22-20-14-9-17(4)27-23(20)26-16-21(22)24(30)29(6-2)7-3;/h9-14,16H,5-8,15H2,1-4H3,(H,26,27,28);1H. The van der Waals surface area contributed by atoms with Gasteiger partial charge in [-0.2, -0.15) is 0 Å². The number of aryl methyl sites for hydroxylation is 1. The topological polar surface area (TPSA) is 84.4 Å². The van der Waals surface area contributed by atoms with Crippen LogP contribution in [0, 0.1) is 6.92 Å². The number of hydrogen-bond acceptors (Lipinski definition) is 6. The van der Waals surface area contributed by atoms with Crippen LogP contribution in [0.15, 0.2) is 42.6 Å². The molecule has 0 aliphatic carbocycles. The Morgan fingerprint density at radius 3 is 2.36 bits per heavy atom. The van der Waals surface area contributed by atoms with E-state index in [0.717, 1.165) is 29.6 Å². The van der Waals surface area contributed by atoms with Gasteiger partial charge >= 0.3 is 5.97 Å². The minimum Gasteiger partial charge on any atom is -0.462 e. The zero-order chi connectivity index (χ0) is 23.1. The van der Waals surface area contributed by atoms with E-state index in [1.165, 1.54) is 0 Å². The first-order chi connectivity index (χ1) is 15.5. The van der Waals surface area contributed by atoms with Crippen LogP contribution in [-0.2, 0) is 4.74 Å². The molecule has 1 aromatic carbocycles. The van der Waals surface area contributed by atoms with Gasteiger partial charge in [-0.3, -0.25) is 4.79 Å². The molecule has 3 aromatic rings. The van der Waals surface area contributed by atoms with Crippen molar-refractivity contribution in [3.05, 3.63) is 59.4 Å². The van der Waals surface area contributed by atoms with Gasteiger partial charge < -0.3 is 15.0 Å². The van der Waals surface area contributed by atoms with Crippen molar-refractivity contribution in [2.24, 2.45) is 0 Å². The number of rotatable bonds is 9. The summed E-state index contributed by atoms with van der Waals surface area (Å²) in [5.41, 5.74) is 3.79. The summed E-state index contributed by atoms with van der Waals surface area (Å²) in [5, 5.41) is 4.12. The molecule has 0 unspecified atom stereocenters. The van der Waals surface area contributed by atoms with E-state index >= 15 is 0 Å². The quantitative estimate of drug-likeness (QED) is 0.326. The third kappa shape index (κ3) is 6.20. The van der Waals surface area contributed by atoms with Crippen molar-refractivity contribution in [2.75, 3.05) is 25.0 Å². The molecule has 0 fully saturated rings. The monoisotopic (exact) mass is 470 g/mol. The number of halogens is 1. The predicted octanol–water partition coefficient (Wildman–Crippen LogP) is 5.54. The number of ether oxygens (including phenoxy) is 1. The van der Waals surface area contributed by atoms with Gasteiger partial charge in [-0.15, -0.1) is 12.4 Å². The Morgan fingerprint density at radius 2 is 1.73 bits per heavy atom. The number of esters is 1. The van der Waals surface area contributed by atoms with Gasteiger partial charge in [0.05, 0.1) is 23.4 Å². The van der Waals surface area contributed by atoms with Crippen LogP contribution in [0.3, 0.4) is 0 Å². The van der Waals surface area contributed by atoms with Crippen LogP contribution >= 0.6 is 12.4 Å². The van der Waals surface area contributed by atoms with Gasteiger partial charge in [-0.25, -0.2) is 14.8 Å². The number of carbonyl (C=O) groups excluding carboxylic acids is 2. The summed E-state index contributed by atoms with van der Waals surface area (Å²) >= 11 is 0. The molecule has 1 N–H and O–H groups in total. The number of nitrogens with one attached hydrogen (secondary N) is 1. The summed E-state index contributed by atoms with van der Waals surface area (Å²) in [6.07, 6.45) is 3.40. The number of carbonyl (C=O) groups is 2. The lowest BCUT2D eigenvalue weighted by molar-refractivity contribution is 0.0499. The number of amides is 1. The molecule has 0 atom stereocenters. The van der Waals surface area contributed by atoms with Crippen LogP contribution in [0.5, 0.6) is 0 Å². The molecule has 176 valence electrons. The van der Waals surface area contributed by atoms with Gasteiger partial charge in [-0.05, 0) is 63.6 Å². The smallest absolute Gasteiger partial charge is 0.338 e. The van der Waals surface area contributed by atoms with Gasteiger partial charge in [0.2, 0.25) is 0 Å². The van der Waals surface area contributed by atoms with Crippen molar-refractivity contribution < 1.29 is 14.3 Å². The molecule has 0 bridgehead atoms. The Morgan fingerprint density at radius 1 is 1.03 bits per heavy atom. The molecule has 0 aliphatic rings. The third-order valence-corrected chi connectivity index (χ3v) is 5.27. The average Bonchev–Trinajstić information content (AvgIpc) is 2.80. The van der Waals surface area contributed by atoms with Crippen LogP contribution in [0.2, 0.25) is 0 Å². The first-order valence-corrected chi connectivity index (χ1v) is 11.1. The normalized spacial score (nSPS) is 10.4. The first kappa shape index (κ1) is 26.1.